The molecule has 0 amide bonds. The van der Waals surface area contributed by atoms with Crippen LogP contribution in [-0.2, 0) is 10.1 Å². The Morgan fingerprint density at radius 2 is 1.71 bits per heavy atom. The number of hydrogen-bond acceptors (Lipinski definition) is 3. The molecule has 0 aliphatic rings. The molecule has 1 radical (unpaired) electrons. The van der Waals surface area contributed by atoms with Gasteiger partial charge in [0.25, 0.3) is 10.1 Å². The molecule has 0 aliphatic carbocycles. The number of aryl methyl sites for hydroxylation is 2. The van der Waals surface area contributed by atoms with E-state index >= 15 is 0 Å². The van der Waals surface area contributed by atoms with Crippen LogP contribution in [-0.4, -0.2) is 42.5 Å². The van der Waals surface area contributed by atoms with Crippen molar-refractivity contribution >= 4 is 45.4 Å². The number of hydrogen-bond donors (Lipinski definition) is 2. The van der Waals surface area contributed by atoms with Gasteiger partial charge in [-0.25, -0.2) is 0 Å². The van der Waals surface area contributed by atoms with Gasteiger partial charge in [0.2, 0.25) is 0 Å². The summed E-state index contributed by atoms with van der Waals surface area (Å²) in [5.41, 5.74) is 7.16. The fourth-order valence-electron chi connectivity index (χ4n) is 1.13. The van der Waals surface area contributed by atoms with Crippen LogP contribution in [0.25, 0.3) is 0 Å². The van der Waals surface area contributed by atoms with E-state index in [1.807, 2.05) is 0 Å². The van der Waals surface area contributed by atoms with Crippen LogP contribution in [0.2, 0.25) is 0 Å². The van der Waals surface area contributed by atoms with E-state index in [4.69, 9.17) is 10.3 Å². The summed E-state index contributed by atoms with van der Waals surface area (Å²) in [6.07, 6.45) is 0. The first-order chi connectivity index (χ1) is 5.82. The van der Waals surface area contributed by atoms with Crippen molar-refractivity contribution in [2.45, 2.75) is 18.7 Å². The SMILES string of the molecule is Cc1cc(C)c(S(=O)(=O)O)cc1N.[Na]. The van der Waals surface area contributed by atoms with Gasteiger partial charge in [-0.1, -0.05) is 6.07 Å². The predicted molar refractivity (Wildman–Crippen MR) is 55.9 cm³/mol. The summed E-state index contributed by atoms with van der Waals surface area (Å²) in [6, 6.07) is 2.89. The first-order valence-electron chi connectivity index (χ1n) is 3.66. The normalized spacial score (nSPS) is 10.8. The van der Waals surface area contributed by atoms with Crippen LogP contribution >= 0.6 is 0 Å². The molecule has 0 atom stereocenters. The van der Waals surface area contributed by atoms with Gasteiger partial charge in [-0.2, -0.15) is 8.42 Å². The smallest absolute Gasteiger partial charge is 0.294 e. The average molecular weight is 224 g/mol. The van der Waals surface area contributed by atoms with Crippen molar-refractivity contribution in [3.63, 3.8) is 0 Å². The molecule has 1 aromatic carbocycles. The fourth-order valence-corrected chi connectivity index (χ4v) is 1.87. The monoisotopic (exact) mass is 224 g/mol. The van der Waals surface area contributed by atoms with Gasteiger partial charge < -0.3 is 5.73 Å². The quantitative estimate of drug-likeness (QED) is 0.419. The van der Waals surface area contributed by atoms with Crippen molar-refractivity contribution in [2.24, 2.45) is 0 Å². The first-order valence-corrected chi connectivity index (χ1v) is 5.10. The molecule has 0 unspecified atom stereocenters. The second-order valence-electron chi connectivity index (χ2n) is 2.95. The van der Waals surface area contributed by atoms with E-state index in [-0.39, 0.29) is 34.5 Å². The molecule has 0 aromatic heterocycles. The second-order valence-corrected chi connectivity index (χ2v) is 4.34. The summed E-state index contributed by atoms with van der Waals surface area (Å²) in [5.74, 6) is 0. The summed E-state index contributed by atoms with van der Waals surface area (Å²) in [5, 5.41) is 0. The Bertz CT molecular complexity index is 442. The van der Waals surface area contributed by atoms with Crippen LogP contribution in [0, 0.1) is 13.8 Å². The number of benzene rings is 1. The van der Waals surface area contributed by atoms with Crippen molar-refractivity contribution < 1.29 is 13.0 Å². The summed E-state index contributed by atoms with van der Waals surface area (Å²) in [4.78, 5) is -0.129. The largest absolute Gasteiger partial charge is 0.398 e. The number of anilines is 1. The van der Waals surface area contributed by atoms with Gasteiger partial charge in [0.15, 0.2) is 0 Å². The van der Waals surface area contributed by atoms with Crippen LogP contribution in [0.3, 0.4) is 0 Å². The van der Waals surface area contributed by atoms with E-state index < -0.39 is 10.1 Å². The minimum atomic E-state index is -4.15. The Kier molecular flexibility index (Phi) is 4.61. The first kappa shape index (κ1) is 13.9. The zero-order valence-corrected chi connectivity index (χ0v) is 11.2. The van der Waals surface area contributed by atoms with Crippen molar-refractivity contribution in [3.05, 3.63) is 23.3 Å². The third kappa shape index (κ3) is 2.96. The van der Waals surface area contributed by atoms with Crippen LogP contribution < -0.4 is 5.73 Å². The summed E-state index contributed by atoms with van der Waals surface area (Å²) >= 11 is 0. The maximum atomic E-state index is 10.8. The van der Waals surface area contributed by atoms with Crippen molar-refractivity contribution in [1.82, 2.24) is 0 Å². The molecule has 1 aromatic rings. The molecule has 4 nitrogen and oxygen atoms in total. The molecule has 0 fully saturated rings. The molecule has 0 saturated heterocycles. The number of nitrogen functional groups attached to an aromatic ring is 1. The van der Waals surface area contributed by atoms with Gasteiger partial charge in [-0.05, 0) is 31.0 Å². The molecule has 0 aliphatic heterocycles. The molecule has 6 heteroatoms. The Labute approximate surface area is 106 Å². The third-order valence-corrected chi connectivity index (χ3v) is 2.84. The minimum Gasteiger partial charge on any atom is -0.398 e. The minimum absolute atomic E-state index is 0. The van der Waals surface area contributed by atoms with Crippen LogP contribution in [0.1, 0.15) is 11.1 Å². The van der Waals surface area contributed by atoms with Gasteiger partial charge in [0, 0.05) is 35.2 Å². The van der Waals surface area contributed by atoms with Crippen LogP contribution in [0.5, 0.6) is 0 Å². The second kappa shape index (κ2) is 4.63. The van der Waals surface area contributed by atoms with Crippen molar-refractivity contribution in [1.29, 1.82) is 0 Å². The Balaban J connectivity index is 0.00000169. The van der Waals surface area contributed by atoms with E-state index in [0.29, 0.717) is 11.3 Å². The molecule has 14 heavy (non-hydrogen) atoms. The molecular formula is C8H11NNaO3S. The molecular weight excluding hydrogens is 213 g/mol. The van der Waals surface area contributed by atoms with Gasteiger partial charge in [-0.15, -0.1) is 0 Å². The summed E-state index contributed by atoms with van der Waals surface area (Å²) in [6.45, 7) is 3.38. The topological polar surface area (TPSA) is 80.4 Å². The maximum absolute atomic E-state index is 10.8. The molecule has 0 spiro atoms. The molecule has 0 saturated carbocycles. The zero-order chi connectivity index (χ0) is 10.2. The fraction of sp³-hybridized carbons (Fsp3) is 0.250. The molecule has 0 heterocycles. The molecule has 3 N–H and O–H groups in total. The van der Waals surface area contributed by atoms with Gasteiger partial charge >= 0.3 is 0 Å². The van der Waals surface area contributed by atoms with E-state index in [1.54, 1.807) is 19.9 Å². The van der Waals surface area contributed by atoms with Crippen molar-refractivity contribution in [2.75, 3.05) is 5.73 Å². The van der Waals surface area contributed by atoms with Crippen molar-refractivity contribution in [3.8, 4) is 0 Å². The average Bonchev–Trinajstić information content (AvgIpc) is 1.94. The number of nitrogens with two attached hydrogens (primary N) is 1. The van der Waals surface area contributed by atoms with E-state index in [1.165, 1.54) is 6.07 Å². The molecule has 1 rings (SSSR count). The van der Waals surface area contributed by atoms with E-state index in [0.717, 1.165) is 5.56 Å². The van der Waals surface area contributed by atoms with Gasteiger partial charge in [0.1, 0.15) is 0 Å². The third-order valence-electron chi connectivity index (χ3n) is 1.84. The standard InChI is InChI=1S/C8H11NO3S.Na/c1-5-3-6(2)8(4-7(5)9)13(10,11)12;/h3-4H,9H2,1-2H3,(H,10,11,12);. The number of rotatable bonds is 1. The van der Waals surface area contributed by atoms with Crippen LogP contribution in [0.4, 0.5) is 5.69 Å². The molecule has 0 bridgehead atoms. The van der Waals surface area contributed by atoms with Gasteiger partial charge in [0.05, 0.1) is 4.90 Å². The molecule has 73 valence electrons. The summed E-state index contributed by atoms with van der Waals surface area (Å²) < 4.78 is 30.4. The summed E-state index contributed by atoms with van der Waals surface area (Å²) in [7, 11) is -4.15. The van der Waals surface area contributed by atoms with E-state index in [9.17, 15) is 8.42 Å². The van der Waals surface area contributed by atoms with Crippen LogP contribution in [0.15, 0.2) is 17.0 Å². The Morgan fingerprint density at radius 1 is 1.21 bits per heavy atom. The van der Waals surface area contributed by atoms with Gasteiger partial charge in [-0.3, -0.25) is 4.55 Å². The maximum Gasteiger partial charge on any atom is 0.294 e. The Hall–Kier alpha value is -0.0700. The predicted octanol–water partition coefficient (Wildman–Crippen LogP) is 0.752. The van der Waals surface area contributed by atoms with E-state index in [2.05, 4.69) is 0 Å². The zero-order valence-electron chi connectivity index (χ0n) is 8.40. The Morgan fingerprint density at radius 3 is 2.14 bits per heavy atom.